The normalized spacial score (nSPS) is 18.1. The predicted molar refractivity (Wildman–Crippen MR) is 76.0 cm³/mol. The Hall–Kier alpha value is -1.40. The molecule has 0 amide bonds. The molecule has 0 unspecified atom stereocenters. The summed E-state index contributed by atoms with van der Waals surface area (Å²) in [5, 5.41) is 0. The van der Waals surface area contributed by atoms with Crippen LogP contribution in [-0.4, -0.2) is 54.0 Å². The second kappa shape index (κ2) is 5.97. The number of guanidine groups is 1. The molecule has 1 aliphatic heterocycles. The molecule has 0 atom stereocenters. The number of nitrogens with one attached hydrogen (secondary N) is 1. The van der Waals surface area contributed by atoms with Crippen molar-refractivity contribution < 1.29 is 0 Å². The lowest BCUT2D eigenvalue weighted by molar-refractivity contribution is 0.174. The summed E-state index contributed by atoms with van der Waals surface area (Å²) in [4.78, 5) is 11.6. The van der Waals surface area contributed by atoms with Crippen molar-refractivity contribution in [3.63, 3.8) is 0 Å². The van der Waals surface area contributed by atoms with Gasteiger partial charge in [0.25, 0.3) is 0 Å². The number of aromatic amines is 1. The van der Waals surface area contributed by atoms with Gasteiger partial charge < -0.3 is 15.6 Å². The zero-order valence-corrected chi connectivity index (χ0v) is 11.4. The van der Waals surface area contributed by atoms with Gasteiger partial charge in [0.2, 0.25) is 0 Å². The zero-order valence-electron chi connectivity index (χ0n) is 10.6. The average Bonchev–Trinajstić information content (AvgIpc) is 2.41. The van der Waals surface area contributed by atoms with E-state index in [9.17, 15) is 0 Å². The van der Waals surface area contributed by atoms with Crippen LogP contribution in [0.5, 0.6) is 0 Å². The summed E-state index contributed by atoms with van der Waals surface area (Å²) in [5.41, 5.74) is 6.98. The third-order valence-corrected chi connectivity index (χ3v) is 3.60. The van der Waals surface area contributed by atoms with Crippen molar-refractivity contribution in [3.8, 4) is 0 Å². The van der Waals surface area contributed by atoms with E-state index in [1.165, 1.54) is 5.56 Å². The molecule has 0 radical (unpaired) electrons. The van der Waals surface area contributed by atoms with E-state index < -0.39 is 0 Å². The number of pyridine rings is 1. The van der Waals surface area contributed by atoms with E-state index in [0.29, 0.717) is 5.96 Å². The molecule has 18 heavy (non-hydrogen) atoms. The third-order valence-electron chi connectivity index (χ3n) is 3.22. The average molecular weight is 265 g/mol. The maximum absolute atomic E-state index is 5.81. The third kappa shape index (κ3) is 3.08. The van der Waals surface area contributed by atoms with Crippen molar-refractivity contribution in [1.29, 1.82) is 0 Å². The van der Waals surface area contributed by atoms with Crippen molar-refractivity contribution in [1.82, 2.24) is 14.8 Å². The molecular formula is C12H19N5S. The lowest BCUT2D eigenvalue weighted by Crippen LogP contribution is -2.50. The summed E-state index contributed by atoms with van der Waals surface area (Å²) in [6.07, 6.45) is 1.86. The molecule has 0 spiro atoms. The highest BCUT2D eigenvalue weighted by atomic mass is 32.1. The summed E-state index contributed by atoms with van der Waals surface area (Å²) in [6, 6.07) is 4.07. The van der Waals surface area contributed by atoms with Crippen LogP contribution in [0.25, 0.3) is 0 Å². The highest BCUT2D eigenvalue weighted by Gasteiger charge is 2.18. The van der Waals surface area contributed by atoms with Crippen molar-refractivity contribution >= 4 is 18.2 Å². The van der Waals surface area contributed by atoms with Crippen LogP contribution in [-0.2, 0) is 6.54 Å². The molecule has 3 N–H and O–H groups in total. The van der Waals surface area contributed by atoms with E-state index in [2.05, 4.69) is 25.8 Å². The standard InChI is InChI=1S/C12H19N5S/c1-14-12(13)17-7-5-16(6-8-17)9-10-3-2-4-15-11(10)18/h2-4H,5-9H2,1H3,(H2,13,14)(H,15,18). The smallest absolute Gasteiger partial charge is 0.191 e. The number of H-pyrrole nitrogens is 1. The monoisotopic (exact) mass is 265 g/mol. The Bertz CT molecular complexity index is 473. The number of nitrogens with zero attached hydrogens (tertiary/aromatic N) is 3. The van der Waals surface area contributed by atoms with Gasteiger partial charge in [0.15, 0.2) is 5.96 Å². The highest BCUT2D eigenvalue weighted by Crippen LogP contribution is 2.08. The van der Waals surface area contributed by atoms with E-state index in [-0.39, 0.29) is 0 Å². The fourth-order valence-corrected chi connectivity index (χ4v) is 2.30. The molecule has 0 aliphatic carbocycles. The van der Waals surface area contributed by atoms with Gasteiger partial charge in [-0.15, -0.1) is 0 Å². The number of hydrogen-bond donors (Lipinski definition) is 2. The second-order valence-electron chi connectivity index (χ2n) is 4.37. The van der Waals surface area contributed by atoms with Gasteiger partial charge in [-0.05, 0) is 6.07 Å². The minimum atomic E-state index is 0.631. The van der Waals surface area contributed by atoms with Crippen LogP contribution in [0.3, 0.4) is 0 Å². The Kier molecular flexibility index (Phi) is 4.33. The Morgan fingerprint density at radius 3 is 2.78 bits per heavy atom. The number of piperazine rings is 1. The molecule has 2 rings (SSSR count). The van der Waals surface area contributed by atoms with E-state index in [1.54, 1.807) is 7.05 Å². The predicted octanol–water partition coefficient (Wildman–Crippen LogP) is 0.806. The fourth-order valence-electron chi connectivity index (χ4n) is 2.10. The first-order chi connectivity index (χ1) is 8.70. The number of nitrogens with two attached hydrogens (primary N) is 1. The largest absolute Gasteiger partial charge is 0.370 e. The fraction of sp³-hybridized carbons (Fsp3) is 0.500. The molecule has 1 saturated heterocycles. The summed E-state index contributed by atoms with van der Waals surface area (Å²) in [7, 11) is 1.73. The maximum atomic E-state index is 5.81. The van der Waals surface area contributed by atoms with Gasteiger partial charge in [0.1, 0.15) is 4.64 Å². The first-order valence-electron chi connectivity index (χ1n) is 6.07. The molecule has 98 valence electrons. The summed E-state index contributed by atoms with van der Waals surface area (Å²) in [5.74, 6) is 0.631. The molecule has 1 aliphatic rings. The quantitative estimate of drug-likeness (QED) is 0.472. The van der Waals surface area contributed by atoms with E-state index in [0.717, 1.165) is 37.4 Å². The van der Waals surface area contributed by atoms with Gasteiger partial charge in [0, 0.05) is 51.5 Å². The molecule has 0 saturated carbocycles. The SMILES string of the molecule is CN=C(N)N1CCN(Cc2ccc[nH]c2=S)CC1. The van der Waals surface area contributed by atoms with E-state index in [1.807, 2.05) is 12.3 Å². The molecule has 0 bridgehead atoms. The number of aromatic nitrogens is 1. The topological polar surface area (TPSA) is 60.6 Å². The van der Waals surface area contributed by atoms with Crippen LogP contribution < -0.4 is 5.73 Å². The molecule has 0 aromatic carbocycles. The molecule has 1 aromatic heterocycles. The van der Waals surface area contributed by atoms with Crippen LogP contribution in [0.2, 0.25) is 0 Å². The first-order valence-corrected chi connectivity index (χ1v) is 6.47. The lowest BCUT2D eigenvalue weighted by Gasteiger charge is -2.35. The van der Waals surface area contributed by atoms with Gasteiger partial charge in [0.05, 0.1) is 0 Å². The van der Waals surface area contributed by atoms with Crippen molar-refractivity contribution in [2.45, 2.75) is 6.54 Å². The Morgan fingerprint density at radius 1 is 1.44 bits per heavy atom. The van der Waals surface area contributed by atoms with Crippen LogP contribution in [0.1, 0.15) is 5.56 Å². The first kappa shape index (κ1) is 13.0. The molecular weight excluding hydrogens is 246 g/mol. The van der Waals surface area contributed by atoms with Gasteiger partial charge in [-0.2, -0.15) is 0 Å². The Morgan fingerprint density at radius 2 is 2.17 bits per heavy atom. The van der Waals surface area contributed by atoms with Gasteiger partial charge >= 0.3 is 0 Å². The Balaban J connectivity index is 1.91. The Labute approximate surface area is 112 Å². The molecule has 5 nitrogen and oxygen atoms in total. The number of rotatable bonds is 2. The minimum Gasteiger partial charge on any atom is -0.370 e. The van der Waals surface area contributed by atoms with E-state index in [4.69, 9.17) is 18.0 Å². The molecule has 1 fully saturated rings. The van der Waals surface area contributed by atoms with Crippen LogP contribution in [0, 0.1) is 4.64 Å². The molecule has 2 heterocycles. The molecule has 6 heteroatoms. The maximum Gasteiger partial charge on any atom is 0.191 e. The highest BCUT2D eigenvalue weighted by molar-refractivity contribution is 7.71. The van der Waals surface area contributed by atoms with Gasteiger partial charge in [-0.1, -0.05) is 18.3 Å². The second-order valence-corrected chi connectivity index (χ2v) is 4.78. The summed E-state index contributed by atoms with van der Waals surface area (Å²) in [6.45, 7) is 4.71. The van der Waals surface area contributed by atoms with Crippen LogP contribution >= 0.6 is 12.2 Å². The van der Waals surface area contributed by atoms with Gasteiger partial charge in [-0.3, -0.25) is 9.89 Å². The minimum absolute atomic E-state index is 0.631. The number of hydrogen-bond acceptors (Lipinski definition) is 3. The van der Waals surface area contributed by atoms with Crippen molar-refractivity contribution in [2.24, 2.45) is 10.7 Å². The summed E-state index contributed by atoms with van der Waals surface area (Å²) < 4.78 is 0.828. The van der Waals surface area contributed by atoms with Crippen LogP contribution in [0.4, 0.5) is 0 Å². The van der Waals surface area contributed by atoms with Gasteiger partial charge in [-0.25, -0.2) is 0 Å². The number of aliphatic imine (C=N–C) groups is 1. The van der Waals surface area contributed by atoms with Crippen molar-refractivity contribution in [3.05, 3.63) is 28.5 Å². The lowest BCUT2D eigenvalue weighted by atomic mass is 10.2. The van der Waals surface area contributed by atoms with Crippen molar-refractivity contribution in [2.75, 3.05) is 33.2 Å². The zero-order chi connectivity index (χ0) is 13.0. The van der Waals surface area contributed by atoms with E-state index >= 15 is 0 Å². The summed E-state index contributed by atoms with van der Waals surface area (Å²) >= 11 is 5.27. The molecule has 1 aromatic rings. The van der Waals surface area contributed by atoms with Crippen LogP contribution in [0.15, 0.2) is 23.3 Å².